The lowest BCUT2D eigenvalue weighted by Gasteiger charge is -2.06. The molecule has 0 amide bonds. The van der Waals surface area contributed by atoms with Crippen LogP contribution in [0.15, 0.2) is 60.8 Å². The number of carboxylic acids is 1. The molecular weight excluding hydrogens is 250 g/mol. The lowest BCUT2D eigenvalue weighted by molar-refractivity contribution is -0.136. The second-order valence-electron chi connectivity index (χ2n) is 4.89. The van der Waals surface area contributed by atoms with Gasteiger partial charge in [-0.25, -0.2) is 0 Å². The van der Waals surface area contributed by atoms with Crippen LogP contribution in [0.5, 0.6) is 0 Å². The zero-order chi connectivity index (χ0) is 13.9. The van der Waals surface area contributed by atoms with Crippen LogP contribution < -0.4 is 0 Å². The summed E-state index contributed by atoms with van der Waals surface area (Å²) in [5.41, 5.74) is 3.14. The number of carbonyl (C=O) groups is 1. The van der Waals surface area contributed by atoms with Crippen LogP contribution in [0.3, 0.4) is 0 Å². The molecule has 1 aromatic heterocycles. The van der Waals surface area contributed by atoms with Crippen molar-refractivity contribution in [2.24, 2.45) is 0 Å². The van der Waals surface area contributed by atoms with Crippen LogP contribution in [-0.2, 0) is 17.8 Å². The zero-order valence-electron chi connectivity index (χ0n) is 11.0. The van der Waals surface area contributed by atoms with Gasteiger partial charge in [-0.05, 0) is 28.6 Å². The van der Waals surface area contributed by atoms with Gasteiger partial charge in [0.25, 0.3) is 0 Å². The average Bonchev–Trinajstić information content (AvgIpc) is 2.82. The number of hydrogen-bond donors (Lipinski definition) is 1. The fourth-order valence-electron chi connectivity index (χ4n) is 2.43. The van der Waals surface area contributed by atoms with E-state index in [2.05, 4.69) is 22.8 Å². The van der Waals surface area contributed by atoms with Crippen LogP contribution in [0.25, 0.3) is 10.9 Å². The molecule has 0 saturated carbocycles. The first-order chi connectivity index (χ1) is 9.72. The molecule has 3 aromatic rings. The number of aromatic nitrogens is 1. The Balaban J connectivity index is 1.96. The van der Waals surface area contributed by atoms with E-state index in [1.165, 1.54) is 5.56 Å². The van der Waals surface area contributed by atoms with Crippen LogP contribution in [0, 0.1) is 0 Å². The van der Waals surface area contributed by atoms with E-state index in [4.69, 9.17) is 5.11 Å². The highest BCUT2D eigenvalue weighted by molar-refractivity contribution is 5.82. The molecule has 0 bridgehead atoms. The molecule has 0 aliphatic heterocycles. The minimum atomic E-state index is -0.800. The summed E-state index contributed by atoms with van der Waals surface area (Å²) in [4.78, 5) is 10.8. The lowest BCUT2D eigenvalue weighted by Crippen LogP contribution is -2.01. The molecule has 0 fully saturated rings. The highest BCUT2D eigenvalue weighted by Crippen LogP contribution is 2.19. The molecule has 0 aliphatic rings. The summed E-state index contributed by atoms with van der Waals surface area (Å²) in [7, 11) is 0. The summed E-state index contributed by atoms with van der Waals surface area (Å²) in [5, 5.41) is 10.0. The molecule has 0 unspecified atom stereocenters. The lowest BCUT2D eigenvalue weighted by atomic mass is 10.1. The van der Waals surface area contributed by atoms with E-state index in [0.29, 0.717) is 0 Å². The molecule has 1 heterocycles. The van der Waals surface area contributed by atoms with Crippen LogP contribution in [-0.4, -0.2) is 15.6 Å². The maximum atomic E-state index is 10.8. The summed E-state index contributed by atoms with van der Waals surface area (Å²) < 4.78 is 2.15. The first-order valence-electron chi connectivity index (χ1n) is 6.56. The van der Waals surface area contributed by atoms with Gasteiger partial charge < -0.3 is 9.67 Å². The van der Waals surface area contributed by atoms with Crippen LogP contribution in [0.2, 0.25) is 0 Å². The summed E-state index contributed by atoms with van der Waals surface area (Å²) in [6, 6.07) is 18.1. The number of carboxylic acid groups (broad SMARTS) is 1. The molecule has 1 N–H and O–H groups in total. The zero-order valence-corrected chi connectivity index (χ0v) is 11.0. The number of hydrogen-bond acceptors (Lipinski definition) is 1. The van der Waals surface area contributed by atoms with E-state index in [1.54, 1.807) is 0 Å². The van der Waals surface area contributed by atoms with Crippen molar-refractivity contribution in [3.8, 4) is 0 Å². The van der Waals surface area contributed by atoms with E-state index in [9.17, 15) is 4.79 Å². The Morgan fingerprint density at radius 2 is 1.80 bits per heavy atom. The van der Waals surface area contributed by atoms with Gasteiger partial charge in [-0.2, -0.15) is 0 Å². The molecule has 0 radical (unpaired) electrons. The third-order valence-electron chi connectivity index (χ3n) is 3.39. The Morgan fingerprint density at radius 3 is 2.55 bits per heavy atom. The Labute approximate surface area is 117 Å². The first-order valence-corrected chi connectivity index (χ1v) is 6.56. The van der Waals surface area contributed by atoms with Crippen molar-refractivity contribution < 1.29 is 9.90 Å². The fourth-order valence-corrected chi connectivity index (χ4v) is 2.43. The van der Waals surface area contributed by atoms with Crippen molar-refractivity contribution >= 4 is 16.9 Å². The minimum Gasteiger partial charge on any atom is -0.481 e. The topological polar surface area (TPSA) is 42.2 Å². The van der Waals surface area contributed by atoms with E-state index in [-0.39, 0.29) is 6.42 Å². The molecule has 0 aliphatic carbocycles. The Morgan fingerprint density at radius 1 is 1.00 bits per heavy atom. The van der Waals surface area contributed by atoms with Crippen LogP contribution in [0.1, 0.15) is 11.1 Å². The average molecular weight is 265 g/mol. The van der Waals surface area contributed by atoms with Crippen molar-refractivity contribution in [2.75, 3.05) is 0 Å². The minimum absolute atomic E-state index is 0.0620. The molecule has 3 nitrogen and oxygen atoms in total. The molecular formula is C17H15NO2. The Hall–Kier alpha value is -2.55. The van der Waals surface area contributed by atoms with Crippen molar-refractivity contribution in [3.05, 3.63) is 71.9 Å². The Bertz CT molecular complexity index is 744. The fraction of sp³-hybridized carbons (Fsp3) is 0.118. The number of fused-ring (bicyclic) bond motifs is 1. The van der Waals surface area contributed by atoms with E-state index in [0.717, 1.165) is 23.0 Å². The summed E-state index contributed by atoms with van der Waals surface area (Å²) in [6.45, 7) is 0.793. The quantitative estimate of drug-likeness (QED) is 0.786. The van der Waals surface area contributed by atoms with Gasteiger partial charge >= 0.3 is 5.97 Å². The van der Waals surface area contributed by atoms with Crippen molar-refractivity contribution in [2.45, 2.75) is 13.0 Å². The number of aliphatic carboxylic acids is 1. The smallest absolute Gasteiger partial charge is 0.307 e. The second-order valence-corrected chi connectivity index (χ2v) is 4.89. The summed E-state index contributed by atoms with van der Waals surface area (Å²) in [6.07, 6.45) is 2.11. The van der Waals surface area contributed by atoms with Crippen molar-refractivity contribution in [1.29, 1.82) is 0 Å². The summed E-state index contributed by atoms with van der Waals surface area (Å²) >= 11 is 0. The molecule has 0 spiro atoms. The van der Waals surface area contributed by atoms with Gasteiger partial charge in [-0.1, -0.05) is 42.5 Å². The highest BCUT2D eigenvalue weighted by Gasteiger charge is 2.05. The predicted molar refractivity (Wildman–Crippen MR) is 78.8 cm³/mol. The largest absolute Gasteiger partial charge is 0.481 e. The standard InChI is InChI=1S/C17H15NO2/c19-17(20)11-14-6-7-15-8-9-18(16(15)10-14)12-13-4-2-1-3-5-13/h1-10H,11-12H2,(H,19,20). The van der Waals surface area contributed by atoms with Gasteiger partial charge in [0.2, 0.25) is 0 Å². The molecule has 20 heavy (non-hydrogen) atoms. The van der Waals surface area contributed by atoms with Crippen LogP contribution >= 0.6 is 0 Å². The van der Waals surface area contributed by atoms with Gasteiger partial charge in [-0.15, -0.1) is 0 Å². The van der Waals surface area contributed by atoms with Gasteiger partial charge in [0.05, 0.1) is 6.42 Å². The van der Waals surface area contributed by atoms with Gasteiger partial charge in [-0.3, -0.25) is 4.79 Å². The number of benzene rings is 2. The molecule has 2 aromatic carbocycles. The molecule has 0 atom stereocenters. The third-order valence-corrected chi connectivity index (χ3v) is 3.39. The van der Waals surface area contributed by atoms with E-state index < -0.39 is 5.97 Å². The maximum Gasteiger partial charge on any atom is 0.307 e. The Kier molecular flexibility index (Phi) is 3.25. The number of rotatable bonds is 4. The van der Waals surface area contributed by atoms with E-state index >= 15 is 0 Å². The number of nitrogens with zero attached hydrogens (tertiary/aromatic N) is 1. The van der Waals surface area contributed by atoms with Crippen molar-refractivity contribution in [1.82, 2.24) is 4.57 Å². The monoisotopic (exact) mass is 265 g/mol. The summed E-state index contributed by atoms with van der Waals surface area (Å²) in [5.74, 6) is -0.800. The first kappa shape index (κ1) is 12.5. The molecule has 0 saturated heterocycles. The van der Waals surface area contributed by atoms with E-state index in [1.807, 2.05) is 42.6 Å². The highest BCUT2D eigenvalue weighted by atomic mass is 16.4. The van der Waals surface area contributed by atoms with Crippen LogP contribution in [0.4, 0.5) is 0 Å². The molecule has 100 valence electrons. The normalized spacial score (nSPS) is 10.8. The maximum absolute atomic E-state index is 10.8. The third kappa shape index (κ3) is 2.57. The SMILES string of the molecule is O=C(O)Cc1ccc2ccn(Cc3ccccc3)c2c1. The van der Waals surface area contributed by atoms with Crippen molar-refractivity contribution in [3.63, 3.8) is 0 Å². The molecule has 3 rings (SSSR count). The van der Waals surface area contributed by atoms with Gasteiger partial charge in [0, 0.05) is 18.3 Å². The molecule has 3 heteroatoms. The van der Waals surface area contributed by atoms with Gasteiger partial charge in [0.1, 0.15) is 0 Å². The second kappa shape index (κ2) is 5.21. The van der Waals surface area contributed by atoms with Gasteiger partial charge in [0.15, 0.2) is 0 Å². The predicted octanol–water partition coefficient (Wildman–Crippen LogP) is 3.32.